The summed E-state index contributed by atoms with van der Waals surface area (Å²) in [7, 11) is 0. The second kappa shape index (κ2) is 13.2. The van der Waals surface area contributed by atoms with Crippen LogP contribution in [0, 0.1) is 17.2 Å². The van der Waals surface area contributed by atoms with Crippen LogP contribution in [0.3, 0.4) is 0 Å². The van der Waals surface area contributed by atoms with Crippen molar-refractivity contribution >= 4 is 63.1 Å². The van der Waals surface area contributed by atoms with Gasteiger partial charge < -0.3 is 15.2 Å². The molecule has 1 atom stereocenters. The van der Waals surface area contributed by atoms with Crippen molar-refractivity contribution in [3.63, 3.8) is 0 Å². The Morgan fingerprint density at radius 1 is 1.23 bits per heavy atom. The van der Waals surface area contributed by atoms with E-state index in [-0.39, 0.29) is 28.5 Å². The van der Waals surface area contributed by atoms with Crippen molar-refractivity contribution in [2.24, 2.45) is 5.92 Å². The fraction of sp³-hybridized carbons (Fsp3) is 0.444. The van der Waals surface area contributed by atoms with Gasteiger partial charge in [-0.25, -0.2) is 0 Å². The van der Waals surface area contributed by atoms with Gasteiger partial charge in [-0.15, -0.1) is 21.5 Å². The van der Waals surface area contributed by atoms with E-state index < -0.39 is 6.04 Å². The molecule has 3 aromatic rings. The highest BCUT2D eigenvalue weighted by Gasteiger charge is 2.26. The molecule has 0 unspecified atom stereocenters. The third-order valence-electron chi connectivity index (χ3n) is 6.43. The van der Waals surface area contributed by atoms with Crippen LogP contribution in [-0.4, -0.2) is 32.3 Å². The first-order valence-corrected chi connectivity index (χ1v) is 15.4. The molecule has 0 saturated heterocycles. The monoisotopic (exact) mass is 604 g/mol. The molecule has 0 bridgehead atoms. The van der Waals surface area contributed by atoms with Crippen LogP contribution in [0.1, 0.15) is 78.3 Å². The summed E-state index contributed by atoms with van der Waals surface area (Å²) in [6.45, 7) is 6.67. The number of fused-ring (bicyclic) bond motifs is 1. The Balaban J connectivity index is 1.47. The summed E-state index contributed by atoms with van der Waals surface area (Å²) in [4.78, 5) is 27.1. The first-order valence-electron chi connectivity index (χ1n) is 12.9. The number of nitrogens with one attached hydrogen (secondary N) is 2. The summed E-state index contributed by atoms with van der Waals surface area (Å²) < 4.78 is 1.92. The molecule has 0 fully saturated rings. The van der Waals surface area contributed by atoms with Gasteiger partial charge in [0, 0.05) is 16.4 Å². The van der Waals surface area contributed by atoms with Crippen LogP contribution >= 0.6 is 46.3 Å². The molecule has 1 aliphatic carbocycles. The summed E-state index contributed by atoms with van der Waals surface area (Å²) >= 11 is 15.0. The smallest absolute Gasteiger partial charge is 0.253 e. The molecule has 0 saturated carbocycles. The zero-order valence-corrected chi connectivity index (χ0v) is 25.2. The first kappa shape index (κ1) is 29.4. The quantitative estimate of drug-likeness (QED) is 0.250. The number of thiophene rings is 1. The Hall–Kier alpha value is -2.58. The number of aryl methyl sites for hydroxylation is 1. The third kappa shape index (κ3) is 6.95. The maximum atomic E-state index is 13.1. The molecule has 12 heteroatoms. The Morgan fingerprint density at radius 2 is 2.00 bits per heavy atom. The van der Waals surface area contributed by atoms with Crippen LogP contribution in [0.25, 0.3) is 0 Å². The Morgan fingerprint density at radius 3 is 2.69 bits per heavy atom. The molecule has 4 rings (SSSR count). The summed E-state index contributed by atoms with van der Waals surface area (Å²) in [5.74, 6) is 0.476. The number of halogens is 2. The van der Waals surface area contributed by atoms with Gasteiger partial charge in [-0.05, 0) is 68.7 Å². The second-order valence-corrected chi connectivity index (χ2v) is 12.6. The van der Waals surface area contributed by atoms with Crippen molar-refractivity contribution < 1.29 is 9.59 Å². The number of amides is 2. The molecule has 2 heterocycles. The number of hydrogen-bond donors (Lipinski definition) is 2. The van der Waals surface area contributed by atoms with Gasteiger partial charge in [0.05, 0.1) is 27.9 Å². The molecule has 0 radical (unpaired) electrons. The fourth-order valence-electron chi connectivity index (χ4n) is 4.64. The highest BCUT2D eigenvalue weighted by molar-refractivity contribution is 7.99. The van der Waals surface area contributed by atoms with Gasteiger partial charge in [0.1, 0.15) is 11.1 Å². The minimum Gasteiger partial charge on any atom is -0.342 e. The molecule has 0 spiro atoms. The lowest BCUT2D eigenvalue weighted by Crippen LogP contribution is -2.31. The van der Waals surface area contributed by atoms with E-state index in [1.54, 1.807) is 12.1 Å². The highest BCUT2D eigenvalue weighted by atomic mass is 35.5. The molecular formula is C27H30Cl2N6O2S2. The lowest BCUT2D eigenvalue weighted by Gasteiger charge is -2.21. The molecule has 1 aliphatic rings. The third-order valence-corrected chi connectivity index (χ3v) is 9.15. The molecule has 39 heavy (non-hydrogen) atoms. The van der Waals surface area contributed by atoms with E-state index in [0.717, 1.165) is 31.2 Å². The van der Waals surface area contributed by atoms with Crippen LogP contribution in [0.15, 0.2) is 23.4 Å². The number of nitrogens with zero attached hydrogens (tertiary/aromatic N) is 4. The molecule has 8 nitrogen and oxygen atoms in total. The largest absolute Gasteiger partial charge is 0.342 e. The van der Waals surface area contributed by atoms with Crippen molar-refractivity contribution in [2.75, 3.05) is 11.1 Å². The summed E-state index contributed by atoms with van der Waals surface area (Å²) in [6, 6.07) is 6.63. The molecule has 206 valence electrons. The van der Waals surface area contributed by atoms with Crippen LogP contribution in [-0.2, 0) is 24.2 Å². The van der Waals surface area contributed by atoms with E-state index in [1.807, 2.05) is 11.5 Å². The van der Waals surface area contributed by atoms with Gasteiger partial charge in [-0.1, -0.05) is 48.8 Å². The second-order valence-electron chi connectivity index (χ2n) is 9.73. The number of nitriles is 1. The number of carbonyl (C=O) groups excluding carboxylic acids is 2. The zero-order valence-electron chi connectivity index (χ0n) is 22.0. The van der Waals surface area contributed by atoms with E-state index >= 15 is 0 Å². The van der Waals surface area contributed by atoms with E-state index in [1.165, 1.54) is 34.0 Å². The van der Waals surface area contributed by atoms with Crippen LogP contribution in [0.2, 0.25) is 10.0 Å². The number of rotatable bonds is 10. The molecular weight excluding hydrogens is 575 g/mol. The maximum absolute atomic E-state index is 13.1. The molecule has 2 amide bonds. The van der Waals surface area contributed by atoms with E-state index in [4.69, 9.17) is 23.2 Å². The number of anilines is 1. The van der Waals surface area contributed by atoms with Crippen molar-refractivity contribution in [2.45, 2.75) is 70.6 Å². The molecule has 2 N–H and O–H groups in total. The SMILES string of the molecule is CCn1c(SCC(=O)Nc2sc3c(c2C#N)CCCC3)nnc1[C@@H](CC(C)C)NC(=O)c1ccc(Cl)cc1Cl. The van der Waals surface area contributed by atoms with Crippen molar-refractivity contribution in [1.29, 1.82) is 5.26 Å². The van der Waals surface area contributed by atoms with Crippen molar-refractivity contribution in [3.05, 3.63) is 55.6 Å². The molecule has 0 aliphatic heterocycles. The van der Waals surface area contributed by atoms with Gasteiger partial charge >= 0.3 is 0 Å². The van der Waals surface area contributed by atoms with Gasteiger partial charge in [-0.3, -0.25) is 9.59 Å². The number of hydrogen-bond acceptors (Lipinski definition) is 7. The standard InChI is InChI=1S/C27H30Cl2N6O2S2/c1-4-35-24(21(11-15(2)3)31-25(37)18-10-9-16(28)12-20(18)29)33-34-27(35)38-14-23(36)32-26-19(13-30)17-7-5-6-8-22(17)39-26/h9-10,12,15,21H,4-8,11,14H2,1-3H3,(H,31,37)(H,32,36)/t21-/m1/s1. The minimum atomic E-state index is -0.407. The summed E-state index contributed by atoms with van der Waals surface area (Å²) in [6.07, 6.45) is 4.67. The van der Waals surface area contributed by atoms with E-state index in [9.17, 15) is 14.9 Å². The zero-order chi connectivity index (χ0) is 28.1. The Bertz CT molecular complexity index is 1410. The van der Waals surface area contributed by atoms with Crippen molar-refractivity contribution in [1.82, 2.24) is 20.1 Å². The van der Waals surface area contributed by atoms with E-state index in [2.05, 4.69) is 40.7 Å². The Labute approximate surface area is 246 Å². The van der Waals surface area contributed by atoms with E-state index in [0.29, 0.717) is 45.1 Å². The number of benzene rings is 1. The lowest BCUT2D eigenvalue weighted by atomic mass is 9.96. The van der Waals surface area contributed by atoms with Crippen LogP contribution < -0.4 is 10.6 Å². The normalized spacial score (nSPS) is 13.6. The van der Waals surface area contributed by atoms with Crippen molar-refractivity contribution in [3.8, 4) is 6.07 Å². The Kier molecular flexibility index (Phi) is 9.94. The van der Waals surface area contributed by atoms with Gasteiger partial charge in [0.25, 0.3) is 5.91 Å². The average Bonchev–Trinajstić information content (AvgIpc) is 3.46. The van der Waals surface area contributed by atoms with Gasteiger partial charge in [0.2, 0.25) is 5.91 Å². The summed E-state index contributed by atoms with van der Waals surface area (Å²) in [5.41, 5.74) is 2.01. The lowest BCUT2D eigenvalue weighted by molar-refractivity contribution is -0.113. The first-order chi connectivity index (χ1) is 18.7. The van der Waals surface area contributed by atoms with Gasteiger partial charge in [-0.2, -0.15) is 5.26 Å². The maximum Gasteiger partial charge on any atom is 0.253 e. The number of aromatic nitrogens is 3. The summed E-state index contributed by atoms with van der Waals surface area (Å²) in [5, 5.41) is 26.3. The molecule has 2 aromatic heterocycles. The highest BCUT2D eigenvalue weighted by Crippen LogP contribution is 2.37. The fourth-order valence-corrected chi connectivity index (χ4v) is 7.20. The predicted molar refractivity (Wildman–Crippen MR) is 157 cm³/mol. The average molecular weight is 606 g/mol. The number of carbonyl (C=O) groups is 2. The van der Waals surface area contributed by atoms with Crippen LogP contribution in [0.4, 0.5) is 5.00 Å². The number of thioether (sulfide) groups is 1. The topological polar surface area (TPSA) is 113 Å². The molecule has 1 aromatic carbocycles. The predicted octanol–water partition coefficient (Wildman–Crippen LogP) is 6.66. The van der Waals surface area contributed by atoms with Gasteiger partial charge in [0.15, 0.2) is 11.0 Å². The van der Waals surface area contributed by atoms with Crippen LogP contribution in [0.5, 0.6) is 0 Å². The minimum absolute atomic E-state index is 0.118.